The first kappa shape index (κ1) is 17.0. The smallest absolute Gasteiger partial charge is 0.315 e. The summed E-state index contributed by atoms with van der Waals surface area (Å²) in [4.78, 5) is 25.7. The number of amides is 3. The highest BCUT2D eigenvalue weighted by Gasteiger charge is 2.21. The molecule has 1 saturated heterocycles. The molecule has 3 rings (SSSR count). The zero-order valence-electron chi connectivity index (χ0n) is 14.3. The maximum absolute atomic E-state index is 12.0. The standard InChI is InChI=1S/C18H23N5O2/c1-14(13-22-9-4-8-20-22)21-18(25)19-12-15-5-2-6-16(11-15)23-10-3-7-17(23)24/h2,4-6,8-9,11,14H,3,7,10,12-13H2,1H3,(H2,19,21,25). The van der Waals surface area contributed by atoms with Crippen LogP contribution < -0.4 is 15.5 Å². The average molecular weight is 341 g/mol. The lowest BCUT2D eigenvalue weighted by molar-refractivity contribution is -0.117. The van der Waals surface area contributed by atoms with E-state index >= 15 is 0 Å². The molecule has 0 aliphatic carbocycles. The zero-order chi connectivity index (χ0) is 17.6. The monoisotopic (exact) mass is 341 g/mol. The Kier molecular flexibility index (Phi) is 5.33. The van der Waals surface area contributed by atoms with Crippen molar-refractivity contribution in [3.05, 3.63) is 48.3 Å². The van der Waals surface area contributed by atoms with Gasteiger partial charge in [0.15, 0.2) is 0 Å². The van der Waals surface area contributed by atoms with Crippen molar-refractivity contribution in [1.82, 2.24) is 20.4 Å². The van der Waals surface area contributed by atoms with Crippen molar-refractivity contribution in [3.8, 4) is 0 Å². The van der Waals surface area contributed by atoms with Crippen LogP contribution in [0, 0.1) is 0 Å². The molecular formula is C18H23N5O2. The molecule has 1 aliphatic rings. The van der Waals surface area contributed by atoms with Crippen molar-refractivity contribution in [2.75, 3.05) is 11.4 Å². The van der Waals surface area contributed by atoms with Crippen molar-refractivity contribution in [3.63, 3.8) is 0 Å². The van der Waals surface area contributed by atoms with Crippen LogP contribution in [-0.4, -0.2) is 34.3 Å². The lowest BCUT2D eigenvalue weighted by Crippen LogP contribution is -2.42. The predicted molar refractivity (Wildman–Crippen MR) is 95.1 cm³/mol. The van der Waals surface area contributed by atoms with Gasteiger partial charge in [-0.1, -0.05) is 12.1 Å². The highest BCUT2D eigenvalue weighted by Crippen LogP contribution is 2.22. The Labute approximate surface area is 147 Å². The Bertz CT molecular complexity index is 729. The van der Waals surface area contributed by atoms with Gasteiger partial charge in [-0.25, -0.2) is 4.79 Å². The van der Waals surface area contributed by atoms with Crippen molar-refractivity contribution in [1.29, 1.82) is 0 Å². The Morgan fingerprint density at radius 3 is 2.96 bits per heavy atom. The number of rotatable bonds is 6. The van der Waals surface area contributed by atoms with Gasteiger partial charge in [-0.2, -0.15) is 5.10 Å². The molecule has 0 spiro atoms. The summed E-state index contributed by atoms with van der Waals surface area (Å²) in [6, 6.07) is 9.34. The summed E-state index contributed by atoms with van der Waals surface area (Å²) in [6.45, 7) is 3.73. The van der Waals surface area contributed by atoms with Crippen LogP contribution in [0.25, 0.3) is 0 Å². The van der Waals surface area contributed by atoms with Crippen molar-refractivity contribution in [2.24, 2.45) is 0 Å². The first-order valence-electron chi connectivity index (χ1n) is 8.53. The Balaban J connectivity index is 1.49. The normalized spacial score (nSPS) is 15.2. The molecule has 1 aromatic carbocycles. The number of urea groups is 1. The van der Waals surface area contributed by atoms with Gasteiger partial charge in [0.25, 0.3) is 0 Å². The van der Waals surface area contributed by atoms with E-state index in [9.17, 15) is 9.59 Å². The van der Waals surface area contributed by atoms with E-state index < -0.39 is 0 Å². The van der Waals surface area contributed by atoms with Gasteiger partial charge in [-0.05, 0) is 37.1 Å². The molecule has 1 unspecified atom stereocenters. The molecule has 1 fully saturated rings. The summed E-state index contributed by atoms with van der Waals surface area (Å²) in [5.41, 5.74) is 1.86. The minimum Gasteiger partial charge on any atom is -0.334 e. The van der Waals surface area contributed by atoms with Crippen LogP contribution in [0.2, 0.25) is 0 Å². The van der Waals surface area contributed by atoms with Gasteiger partial charge in [0.1, 0.15) is 0 Å². The van der Waals surface area contributed by atoms with E-state index in [1.807, 2.05) is 43.5 Å². The second kappa shape index (κ2) is 7.83. The van der Waals surface area contributed by atoms with Gasteiger partial charge in [0, 0.05) is 43.6 Å². The maximum Gasteiger partial charge on any atom is 0.315 e. The SMILES string of the molecule is CC(Cn1cccn1)NC(=O)NCc1cccc(N2CCCC2=O)c1. The molecule has 2 N–H and O–H groups in total. The molecule has 25 heavy (non-hydrogen) atoms. The molecule has 7 heteroatoms. The third-order valence-electron chi connectivity index (χ3n) is 4.15. The molecule has 1 aliphatic heterocycles. The molecule has 0 bridgehead atoms. The molecule has 0 saturated carbocycles. The number of hydrogen-bond donors (Lipinski definition) is 2. The fraction of sp³-hybridized carbons (Fsp3) is 0.389. The molecular weight excluding hydrogens is 318 g/mol. The molecule has 7 nitrogen and oxygen atoms in total. The van der Waals surface area contributed by atoms with Crippen molar-refractivity contribution in [2.45, 2.75) is 38.9 Å². The fourth-order valence-electron chi connectivity index (χ4n) is 2.95. The number of hydrogen-bond acceptors (Lipinski definition) is 3. The van der Waals surface area contributed by atoms with E-state index in [-0.39, 0.29) is 18.0 Å². The lowest BCUT2D eigenvalue weighted by Gasteiger charge is -2.17. The average Bonchev–Trinajstić information content (AvgIpc) is 3.24. The van der Waals surface area contributed by atoms with Crippen LogP contribution in [0.4, 0.5) is 10.5 Å². The van der Waals surface area contributed by atoms with Gasteiger partial charge in [-0.15, -0.1) is 0 Å². The minimum atomic E-state index is -0.220. The number of nitrogens with zero attached hydrogens (tertiary/aromatic N) is 3. The molecule has 1 atom stereocenters. The van der Waals surface area contributed by atoms with E-state index in [2.05, 4.69) is 15.7 Å². The first-order chi connectivity index (χ1) is 12.1. The van der Waals surface area contributed by atoms with Crippen LogP contribution in [-0.2, 0) is 17.9 Å². The number of benzene rings is 1. The summed E-state index contributed by atoms with van der Waals surface area (Å²) in [5.74, 6) is 0.162. The maximum atomic E-state index is 12.0. The fourth-order valence-corrected chi connectivity index (χ4v) is 2.95. The third-order valence-corrected chi connectivity index (χ3v) is 4.15. The van der Waals surface area contributed by atoms with Gasteiger partial charge in [-0.3, -0.25) is 9.48 Å². The molecule has 2 aromatic rings. The van der Waals surface area contributed by atoms with Crippen LogP contribution in [0.1, 0.15) is 25.3 Å². The second-order valence-electron chi connectivity index (χ2n) is 6.27. The quantitative estimate of drug-likeness (QED) is 0.842. The lowest BCUT2D eigenvalue weighted by atomic mass is 10.2. The topological polar surface area (TPSA) is 79.3 Å². The highest BCUT2D eigenvalue weighted by molar-refractivity contribution is 5.95. The van der Waals surface area contributed by atoms with E-state index in [1.165, 1.54) is 0 Å². The van der Waals surface area contributed by atoms with E-state index in [4.69, 9.17) is 0 Å². The molecule has 2 heterocycles. The number of aromatic nitrogens is 2. The number of carbonyl (C=O) groups excluding carboxylic acids is 2. The van der Waals surface area contributed by atoms with E-state index in [1.54, 1.807) is 15.8 Å². The Morgan fingerprint density at radius 2 is 2.24 bits per heavy atom. The highest BCUT2D eigenvalue weighted by atomic mass is 16.2. The number of carbonyl (C=O) groups is 2. The van der Waals surface area contributed by atoms with Crippen molar-refractivity contribution < 1.29 is 9.59 Å². The summed E-state index contributed by atoms with van der Waals surface area (Å²) >= 11 is 0. The zero-order valence-corrected chi connectivity index (χ0v) is 14.3. The summed E-state index contributed by atoms with van der Waals surface area (Å²) in [5, 5.41) is 9.87. The van der Waals surface area contributed by atoms with Crippen LogP contribution in [0.3, 0.4) is 0 Å². The van der Waals surface area contributed by atoms with Crippen LogP contribution >= 0.6 is 0 Å². The minimum absolute atomic E-state index is 0.0338. The number of anilines is 1. The van der Waals surface area contributed by atoms with Gasteiger partial charge >= 0.3 is 6.03 Å². The van der Waals surface area contributed by atoms with E-state index in [0.29, 0.717) is 19.5 Å². The Hall–Kier alpha value is -2.83. The molecule has 0 radical (unpaired) electrons. The summed E-state index contributed by atoms with van der Waals surface area (Å²) < 4.78 is 1.78. The number of nitrogens with one attached hydrogen (secondary N) is 2. The van der Waals surface area contributed by atoms with Crippen LogP contribution in [0.15, 0.2) is 42.7 Å². The Morgan fingerprint density at radius 1 is 1.36 bits per heavy atom. The van der Waals surface area contributed by atoms with E-state index in [0.717, 1.165) is 24.2 Å². The van der Waals surface area contributed by atoms with Crippen molar-refractivity contribution >= 4 is 17.6 Å². The second-order valence-corrected chi connectivity index (χ2v) is 6.27. The summed E-state index contributed by atoms with van der Waals surface area (Å²) in [6.07, 6.45) is 5.09. The van der Waals surface area contributed by atoms with Gasteiger partial charge < -0.3 is 15.5 Å². The predicted octanol–water partition coefficient (Wildman–Crippen LogP) is 1.90. The first-order valence-corrected chi connectivity index (χ1v) is 8.53. The van der Waals surface area contributed by atoms with Crippen LogP contribution in [0.5, 0.6) is 0 Å². The largest absolute Gasteiger partial charge is 0.334 e. The van der Waals surface area contributed by atoms with Gasteiger partial charge in [0.05, 0.1) is 6.54 Å². The summed E-state index contributed by atoms with van der Waals surface area (Å²) in [7, 11) is 0. The molecule has 3 amide bonds. The molecule has 1 aromatic heterocycles. The third kappa shape index (κ3) is 4.59. The molecule has 132 valence electrons. The van der Waals surface area contributed by atoms with Gasteiger partial charge in [0.2, 0.25) is 5.91 Å².